The molecule has 31 heavy (non-hydrogen) atoms. The van der Waals surface area contributed by atoms with Gasteiger partial charge in [0.2, 0.25) is 0 Å². The number of benzene rings is 1. The van der Waals surface area contributed by atoms with Crippen molar-refractivity contribution in [2.45, 2.75) is 25.9 Å². The van der Waals surface area contributed by atoms with Crippen LogP contribution < -0.4 is 15.2 Å². The van der Waals surface area contributed by atoms with Crippen LogP contribution in [0.5, 0.6) is 11.5 Å². The van der Waals surface area contributed by atoms with Crippen molar-refractivity contribution in [2.75, 3.05) is 27.2 Å². The van der Waals surface area contributed by atoms with E-state index in [2.05, 4.69) is 23.1 Å². The number of allylic oxidation sites excluding steroid dienone is 2. The molecule has 1 aliphatic heterocycles. The predicted molar refractivity (Wildman–Crippen MR) is 116 cm³/mol. The van der Waals surface area contributed by atoms with Crippen molar-refractivity contribution >= 4 is 11.6 Å². The highest BCUT2D eigenvalue weighted by Gasteiger charge is 2.54. The van der Waals surface area contributed by atoms with Crippen molar-refractivity contribution < 1.29 is 9.47 Å². The zero-order valence-electron chi connectivity index (χ0n) is 17.9. The second-order valence-electron chi connectivity index (χ2n) is 8.10. The molecule has 2 aliphatic rings. The van der Waals surface area contributed by atoms with Gasteiger partial charge in [0, 0.05) is 24.9 Å². The molecule has 0 fully saturated rings. The summed E-state index contributed by atoms with van der Waals surface area (Å²) in [5.41, 5.74) is 6.21. The number of ether oxygens (including phenoxy) is 2. The zero-order valence-corrected chi connectivity index (χ0v) is 18.7. The molecule has 1 aromatic rings. The Morgan fingerprint density at radius 2 is 1.94 bits per heavy atom. The number of halogens is 1. The Hall–Kier alpha value is -3.18. The number of hydrogen-bond donors (Lipinski definition) is 1. The molecule has 1 aliphatic carbocycles. The van der Waals surface area contributed by atoms with Crippen LogP contribution in [0.15, 0.2) is 35.1 Å². The fourth-order valence-electron chi connectivity index (χ4n) is 4.47. The summed E-state index contributed by atoms with van der Waals surface area (Å²) in [6.07, 6.45) is 1.82. The van der Waals surface area contributed by atoms with E-state index in [9.17, 15) is 15.8 Å². The van der Waals surface area contributed by atoms with Crippen LogP contribution in [0, 0.1) is 45.3 Å². The number of likely N-dealkylation sites (N-methyl/N-ethyl adjacent to an activating group) is 1. The van der Waals surface area contributed by atoms with E-state index in [4.69, 9.17) is 26.8 Å². The first kappa shape index (κ1) is 22.5. The number of nitrogens with zero attached hydrogens (tertiary/aromatic N) is 4. The summed E-state index contributed by atoms with van der Waals surface area (Å²) < 4.78 is 11.3. The summed E-state index contributed by atoms with van der Waals surface area (Å²) in [6, 6.07) is 9.82. The van der Waals surface area contributed by atoms with Crippen LogP contribution in [-0.2, 0) is 0 Å². The number of methoxy groups -OCH3 is 1. The van der Waals surface area contributed by atoms with Crippen LogP contribution in [-0.4, -0.2) is 38.3 Å². The van der Waals surface area contributed by atoms with E-state index in [1.54, 1.807) is 12.1 Å². The third kappa shape index (κ3) is 3.59. The average molecular weight is 438 g/mol. The largest absolute Gasteiger partial charge is 0.493 e. The maximum Gasteiger partial charge on any atom is 0.191 e. The maximum atomic E-state index is 10.2. The van der Waals surface area contributed by atoms with Gasteiger partial charge in [-0.25, -0.2) is 0 Å². The van der Waals surface area contributed by atoms with Gasteiger partial charge in [0.1, 0.15) is 6.07 Å². The lowest BCUT2D eigenvalue weighted by atomic mass is 9.58. The normalized spacial score (nSPS) is 22.6. The number of fused-ring (bicyclic) bond motifs is 1. The average Bonchev–Trinajstić information content (AvgIpc) is 2.74. The third-order valence-electron chi connectivity index (χ3n) is 5.81. The molecule has 7 nitrogen and oxygen atoms in total. The van der Waals surface area contributed by atoms with Gasteiger partial charge in [-0.05, 0) is 44.2 Å². The Bertz CT molecular complexity index is 1070. The molecular weight excluding hydrogens is 414 g/mol. The molecule has 2 atom stereocenters. The number of hydrogen-bond acceptors (Lipinski definition) is 7. The lowest BCUT2D eigenvalue weighted by molar-refractivity contribution is 0.227. The summed E-state index contributed by atoms with van der Waals surface area (Å²) in [6.45, 7) is 4.97. The zero-order chi connectivity index (χ0) is 22.9. The quantitative estimate of drug-likeness (QED) is 0.765. The van der Waals surface area contributed by atoms with Crippen molar-refractivity contribution in [3.63, 3.8) is 0 Å². The topological polar surface area (TPSA) is 119 Å². The molecule has 0 saturated heterocycles. The molecule has 0 amide bonds. The Balaban J connectivity index is 2.31. The summed E-state index contributed by atoms with van der Waals surface area (Å²) in [5.74, 6) is -0.133. The van der Waals surface area contributed by atoms with Crippen molar-refractivity contribution in [1.82, 2.24) is 4.90 Å². The van der Waals surface area contributed by atoms with Crippen molar-refractivity contribution in [3.05, 3.63) is 45.6 Å². The first-order chi connectivity index (χ1) is 14.7. The minimum absolute atomic E-state index is 0.0188. The lowest BCUT2D eigenvalue weighted by Gasteiger charge is -2.45. The van der Waals surface area contributed by atoms with Gasteiger partial charge >= 0.3 is 0 Å². The second kappa shape index (κ2) is 8.52. The van der Waals surface area contributed by atoms with Gasteiger partial charge in [-0.2, -0.15) is 15.8 Å². The highest BCUT2D eigenvalue weighted by molar-refractivity contribution is 6.32. The van der Waals surface area contributed by atoms with Crippen LogP contribution in [0.2, 0.25) is 5.02 Å². The number of nitriles is 3. The number of nitrogens with two attached hydrogens (primary N) is 1. The van der Waals surface area contributed by atoms with Gasteiger partial charge in [-0.3, -0.25) is 0 Å². The van der Waals surface area contributed by atoms with Gasteiger partial charge < -0.3 is 20.1 Å². The molecule has 0 bridgehead atoms. The molecule has 1 heterocycles. The Kier molecular flexibility index (Phi) is 6.18. The van der Waals surface area contributed by atoms with Gasteiger partial charge in [-0.15, -0.1) is 0 Å². The summed E-state index contributed by atoms with van der Waals surface area (Å²) in [5, 5.41) is 30.4. The Morgan fingerprint density at radius 3 is 2.48 bits per heavy atom. The number of rotatable bonds is 4. The van der Waals surface area contributed by atoms with Crippen molar-refractivity contribution in [2.24, 2.45) is 17.1 Å². The maximum absolute atomic E-state index is 10.2. The highest BCUT2D eigenvalue weighted by Crippen LogP contribution is 2.55. The van der Waals surface area contributed by atoms with Gasteiger partial charge in [0.25, 0.3) is 0 Å². The van der Waals surface area contributed by atoms with Crippen molar-refractivity contribution in [1.29, 1.82) is 15.8 Å². The van der Waals surface area contributed by atoms with Crippen LogP contribution >= 0.6 is 11.6 Å². The fraction of sp³-hybridized carbons (Fsp3) is 0.435. The monoisotopic (exact) mass is 437 g/mol. The van der Waals surface area contributed by atoms with Crippen LogP contribution in [0.1, 0.15) is 25.3 Å². The molecule has 2 N–H and O–H groups in total. The minimum atomic E-state index is -1.72. The highest BCUT2D eigenvalue weighted by atomic mass is 35.5. The Morgan fingerprint density at radius 1 is 1.26 bits per heavy atom. The van der Waals surface area contributed by atoms with Crippen LogP contribution in [0.25, 0.3) is 0 Å². The SMILES string of the molecule is COc1cc([C@H]2[C@@H]3CN(C)CC=C3C(C#N)=C(N)C2(C#N)C#N)cc(Cl)c1OC(C)C. The molecular formula is C23H24ClN5O2. The second-order valence-corrected chi connectivity index (χ2v) is 8.50. The van der Waals surface area contributed by atoms with Gasteiger partial charge in [0.05, 0.1) is 41.6 Å². The molecule has 3 rings (SSSR count). The van der Waals surface area contributed by atoms with Crippen LogP contribution in [0.3, 0.4) is 0 Å². The van der Waals surface area contributed by atoms with E-state index in [1.165, 1.54) is 7.11 Å². The van der Waals surface area contributed by atoms with Crippen LogP contribution in [0.4, 0.5) is 0 Å². The van der Waals surface area contributed by atoms with Crippen molar-refractivity contribution in [3.8, 4) is 29.7 Å². The van der Waals surface area contributed by atoms with Gasteiger partial charge in [0.15, 0.2) is 16.9 Å². The molecule has 1 aromatic carbocycles. The summed E-state index contributed by atoms with van der Waals surface area (Å²) in [4.78, 5) is 2.08. The van der Waals surface area contributed by atoms with E-state index in [1.807, 2.05) is 27.0 Å². The van der Waals surface area contributed by atoms with E-state index < -0.39 is 11.3 Å². The Labute approximate surface area is 187 Å². The molecule has 8 heteroatoms. The van der Waals surface area contributed by atoms with E-state index in [-0.39, 0.29) is 23.3 Å². The van der Waals surface area contributed by atoms with E-state index in [0.717, 1.165) is 5.57 Å². The smallest absolute Gasteiger partial charge is 0.191 e. The fourth-order valence-corrected chi connectivity index (χ4v) is 4.73. The summed E-state index contributed by atoms with van der Waals surface area (Å²) in [7, 11) is 3.46. The molecule has 0 saturated carbocycles. The lowest BCUT2D eigenvalue weighted by Crippen LogP contribution is -2.47. The predicted octanol–water partition coefficient (Wildman–Crippen LogP) is 3.49. The summed E-state index contributed by atoms with van der Waals surface area (Å²) >= 11 is 6.56. The third-order valence-corrected chi connectivity index (χ3v) is 6.09. The first-order valence-electron chi connectivity index (χ1n) is 9.89. The van der Waals surface area contributed by atoms with E-state index >= 15 is 0 Å². The molecule has 0 radical (unpaired) electrons. The molecule has 0 aromatic heterocycles. The molecule has 160 valence electrons. The van der Waals surface area contributed by atoms with E-state index in [0.29, 0.717) is 35.2 Å². The minimum Gasteiger partial charge on any atom is -0.493 e. The first-order valence-corrected chi connectivity index (χ1v) is 10.3. The molecule has 0 unspecified atom stereocenters. The van der Waals surface area contributed by atoms with Gasteiger partial charge in [-0.1, -0.05) is 17.7 Å². The molecule has 0 spiro atoms. The standard InChI is InChI=1S/C23H24ClN5O2/c1-13(2)31-21-18(24)7-14(8-19(21)30-4)20-17-10-29(3)6-5-15(17)16(9-25)22(28)23(20,11-26)12-27/h5,7-8,13,17,20H,6,10,28H2,1-4H3/t17-,20+/m1/s1.